The zero-order valence-corrected chi connectivity index (χ0v) is 38.9. The number of nitrogens with zero attached hydrogens (tertiary/aromatic N) is 2. The Labute approximate surface area is 378 Å². The topological polar surface area (TPSA) is 196 Å². The number of nitrogens with one attached hydrogen (secondary N) is 1. The van der Waals surface area contributed by atoms with Gasteiger partial charge in [0, 0.05) is 61.9 Å². The number of phenols is 1. The highest BCUT2D eigenvalue weighted by Crippen LogP contribution is 2.48. The van der Waals surface area contributed by atoms with Crippen molar-refractivity contribution in [2.75, 3.05) is 38.7 Å². The van der Waals surface area contributed by atoms with Crippen LogP contribution in [0.1, 0.15) is 84.2 Å². The summed E-state index contributed by atoms with van der Waals surface area (Å²) in [7, 11) is 1.51. The van der Waals surface area contributed by atoms with Crippen LogP contribution < -0.4 is 20.2 Å². The molecule has 4 bridgehead atoms. The molecule has 4 aromatic rings. The summed E-state index contributed by atoms with van der Waals surface area (Å²) in [6, 6.07) is 5.11. The van der Waals surface area contributed by atoms with E-state index in [1.807, 2.05) is 34.6 Å². The fourth-order valence-corrected chi connectivity index (χ4v) is 9.39. The summed E-state index contributed by atoms with van der Waals surface area (Å²) in [5.41, 5.74) is -0.209. The van der Waals surface area contributed by atoms with Gasteiger partial charge in [-0.1, -0.05) is 52.8 Å². The zero-order valence-electron chi connectivity index (χ0n) is 38.9. The van der Waals surface area contributed by atoms with Gasteiger partial charge in [0.05, 0.1) is 29.4 Å². The van der Waals surface area contributed by atoms with E-state index in [-0.39, 0.29) is 79.3 Å². The molecule has 0 unspecified atom stereocenters. The number of likely N-dealkylation sites (tertiary alicyclic amines) is 1. The minimum Gasteiger partial charge on any atom is -0.505 e. The van der Waals surface area contributed by atoms with Crippen molar-refractivity contribution in [1.82, 2.24) is 9.88 Å². The Balaban J connectivity index is 1.40. The number of fused-ring (bicyclic) bond motifs is 2. The van der Waals surface area contributed by atoms with E-state index in [1.165, 1.54) is 34.1 Å². The number of phenolic OH excluding ortho intramolecular Hbond substituents is 1. The molecule has 1 saturated heterocycles. The van der Waals surface area contributed by atoms with Crippen LogP contribution >= 0.6 is 0 Å². The molecule has 0 aliphatic carbocycles. The number of benzene rings is 3. The number of anilines is 1. The van der Waals surface area contributed by atoms with E-state index in [1.54, 1.807) is 49.4 Å². The number of aliphatic hydroxyl groups is 1. The average Bonchev–Trinajstić information content (AvgIpc) is 3.90. The number of hydrogen-bond donors (Lipinski definition) is 3. The lowest BCUT2D eigenvalue weighted by molar-refractivity contribution is -0.157. The van der Waals surface area contributed by atoms with Crippen LogP contribution in [0.2, 0.25) is 0 Å². The van der Waals surface area contributed by atoms with Crippen molar-refractivity contribution in [3.8, 4) is 17.2 Å². The van der Waals surface area contributed by atoms with Gasteiger partial charge >= 0.3 is 11.8 Å². The number of aromatic nitrogens is 1. The molecule has 1 fully saturated rings. The van der Waals surface area contributed by atoms with Gasteiger partial charge in [0.2, 0.25) is 0 Å². The number of methoxy groups -OCH3 is 1. The number of hydrogen-bond acceptors (Lipinski definition) is 14. The van der Waals surface area contributed by atoms with Crippen molar-refractivity contribution < 1.29 is 52.7 Å². The maximum absolute atomic E-state index is 14.8. The Bertz CT molecular complexity index is 2660. The summed E-state index contributed by atoms with van der Waals surface area (Å²) < 4.78 is 36.8. The monoisotopic (exact) mass is 895 g/mol. The lowest BCUT2D eigenvalue weighted by Gasteiger charge is -2.39. The Morgan fingerprint density at radius 3 is 2.42 bits per heavy atom. The number of amides is 1. The number of allylic oxidation sites excluding steroid dienone is 2. The average molecular weight is 896 g/mol. The van der Waals surface area contributed by atoms with Gasteiger partial charge in [-0.15, -0.1) is 0 Å². The molecule has 9 atom stereocenters. The van der Waals surface area contributed by atoms with Crippen LogP contribution in [0.3, 0.4) is 0 Å². The van der Waals surface area contributed by atoms with Crippen LogP contribution in [0.4, 0.5) is 5.69 Å². The van der Waals surface area contributed by atoms with Crippen LogP contribution in [-0.4, -0.2) is 95.2 Å². The molecular formula is C50H61N3O12. The number of carbonyl (C=O) groups excluding carboxylic acids is 3. The Morgan fingerprint density at radius 2 is 1.72 bits per heavy atom. The van der Waals surface area contributed by atoms with E-state index in [0.717, 1.165) is 32.5 Å². The fraction of sp³-hybridized carbons (Fsp3) is 0.500. The first kappa shape index (κ1) is 47.2. The van der Waals surface area contributed by atoms with E-state index in [4.69, 9.17) is 33.1 Å². The van der Waals surface area contributed by atoms with Crippen molar-refractivity contribution in [2.45, 2.75) is 99.3 Å². The van der Waals surface area contributed by atoms with Gasteiger partial charge in [0.25, 0.3) is 11.7 Å². The van der Waals surface area contributed by atoms with Crippen LogP contribution in [0.15, 0.2) is 63.6 Å². The Hall–Kier alpha value is -5.77. The van der Waals surface area contributed by atoms with Gasteiger partial charge in [-0.2, -0.15) is 0 Å². The molecule has 4 heterocycles. The molecule has 3 aromatic carbocycles. The molecule has 0 saturated carbocycles. The number of ether oxygens (including phenoxy) is 5. The molecule has 1 amide bonds. The molecule has 65 heavy (non-hydrogen) atoms. The molecule has 3 aliphatic heterocycles. The third-order valence-corrected chi connectivity index (χ3v) is 13.8. The molecular weight excluding hydrogens is 835 g/mol. The number of aromatic hydroxyl groups is 1. The smallest absolute Gasteiger partial charge is 0.312 e. The number of rotatable bonds is 6. The van der Waals surface area contributed by atoms with E-state index in [9.17, 15) is 29.4 Å². The third-order valence-electron chi connectivity index (χ3n) is 13.8. The lowest BCUT2D eigenvalue weighted by Crippen LogP contribution is -2.43. The van der Waals surface area contributed by atoms with Gasteiger partial charge in [-0.3, -0.25) is 24.1 Å². The molecule has 3 N–H and O–H groups in total. The molecule has 0 radical (unpaired) electrons. The van der Waals surface area contributed by atoms with Gasteiger partial charge in [0.1, 0.15) is 40.9 Å². The second-order valence-electron chi connectivity index (χ2n) is 18.1. The first-order valence-corrected chi connectivity index (χ1v) is 22.4. The second kappa shape index (κ2) is 19.0. The number of aliphatic hydroxyl groups excluding tert-OH is 1. The normalized spacial score (nSPS) is 29.9. The first-order valence-electron chi connectivity index (χ1n) is 22.4. The van der Waals surface area contributed by atoms with E-state index in [0.29, 0.717) is 17.9 Å². The van der Waals surface area contributed by atoms with Crippen molar-refractivity contribution in [3.63, 3.8) is 0 Å². The highest BCUT2D eigenvalue weighted by atomic mass is 16.7. The maximum atomic E-state index is 14.8. The highest BCUT2D eigenvalue weighted by Gasteiger charge is 2.49. The number of ketones is 1. The van der Waals surface area contributed by atoms with Gasteiger partial charge in [-0.05, 0) is 75.7 Å². The SMILES string of the molecule is CO[C@H]1/C=C/O[C@@]2(C)Oc3c(C)c(=O)c4c(O)c(c5oc6cc(OCCN7CCCC7)ccc6nc5c4c3C2=O)NC(=O)/C(C)=C\C=C\[C@H](C)[C@H](O)[C@@H](C)[C@@H](C)[C@@H](C)[C@H](OC(C)=O)[C@@H]1C. The summed E-state index contributed by atoms with van der Waals surface area (Å²) in [6.07, 6.45) is 8.11. The molecule has 3 aliphatic rings. The third kappa shape index (κ3) is 9.10. The molecule has 7 rings (SSSR count). The zero-order chi connectivity index (χ0) is 47.1. The molecule has 1 aromatic heterocycles. The first-order chi connectivity index (χ1) is 30.9. The highest BCUT2D eigenvalue weighted by molar-refractivity contribution is 6.26. The minimum absolute atomic E-state index is 0.00874. The second-order valence-corrected chi connectivity index (χ2v) is 18.1. The van der Waals surface area contributed by atoms with E-state index >= 15 is 0 Å². The van der Waals surface area contributed by atoms with Crippen molar-refractivity contribution in [3.05, 3.63) is 75.7 Å². The van der Waals surface area contributed by atoms with Gasteiger partial charge < -0.3 is 43.6 Å². The van der Waals surface area contributed by atoms with Crippen LogP contribution in [0.5, 0.6) is 17.2 Å². The Morgan fingerprint density at radius 1 is 1.00 bits per heavy atom. The predicted molar refractivity (Wildman–Crippen MR) is 246 cm³/mol. The molecule has 15 heteroatoms. The summed E-state index contributed by atoms with van der Waals surface area (Å²) in [6.45, 7) is 18.8. The van der Waals surface area contributed by atoms with Crippen LogP contribution in [0, 0.1) is 36.5 Å². The molecule has 15 nitrogen and oxygen atoms in total. The summed E-state index contributed by atoms with van der Waals surface area (Å²) in [5, 5.41) is 26.1. The molecule has 348 valence electrons. The van der Waals surface area contributed by atoms with Crippen molar-refractivity contribution >= 4 is 56.3 Å². The predicted octanol–water partition coefficient (Wildman–Crippen LogP) is 7.75. The molecule has 0 spiro atoms. The lowest BCUT2D eigenvalue weighted by atomic mass is 9.73. The number of esters is 1. The fourth-order valence-electron chi connectivity index (χ4n) is 9.39. The van der Waals surface area contributed by atoms with Gasteiger partial charge in [0.15, 0.2) is 22.3 Å². The standard InChI is InChI=1S/C50H61N3O12/c1-25-14-13-15-26(2)49(59)52-41-44(57)38-37(40-47(41)64-36-24-33(16-17-34(36)51-40)61-23-21-53-19-11-12-20-53)39-46(31(7)43(38)56)65-50(9,48(39)58)62-22-18-35(60-10)30(6)45(63-32(8)54)29(5)27(3)28(4)42(25)55/h13-18,22,24-25,27-30,35,42,45,55,57H,11-12,19-21,23H2,1-10H3,(H,52,59)/b14-13+,22-18+,26-15-/t25-,27+,28-,29+,30+,35-,42-,45-,50-/m0/s1. The summed E-state index contributed by atoms with van der Waals surface area (Å²) in [4.78, 5) is 62.9. The summed E-state index contributed by atoms with van der Waals surface area (Å²) >= 11 is 0. The minimum atomic E-state index is -2.00. The van der Waals surface area contributed by atoms with Crippen LogP contribution in [-0.2, 0) is 23.8 Å². The quantitative estimate of drug-likeness (QED) is 0.0736. The van der Waals surface area contributed by atoms with Crippen LogP contribution in [0.25, 0.3) is 33.0 Å². The van der Waals surface area contributed by atoms with E-state index < -0.39 is 58.9 Å². The van der Waals surface area contributed by atoms with Crippen molar-refractivity contribution in [2.24, 2.45) is 29.6 Å². The maximum Gasteiger partial charge on any atom is 0.312 e. The summed E-state index contributed by atoms with van der Waals surface area (Å²) in [5.74, 6) is -5.37. The number of carbonyl (C=O) groups is 3. The Kier molecular flexibility index (Phi) is 13.8. The number of Topliss-reactive ketones (excluding diaryl/α,β-unsaturated/α-hetero) is 1. The largest absolute Gasteiger partial charge is 0.505 e. The van der Waals surface area contributed by atoms with Crippen molar-refractivity contribution in [1.29, 1.82) is 0 Å². The van der Waals surface area contributed by atoms with Gasteiger partial charge in [-0.25, -0.2) is 4.98 Å². The van der Waals surface area contributed by atoms with E-state index in [2.05, 4.69) is 10.2 Å².